The highest BCUT2D eigenvalue weighted by atomic mass is 32.2. The standard InChI is InChI=1S/C15H21NO4S/c1-11(12-6-3-2-4-7-12)16-21(19,20)14-9-5-8-13(10-14)15(17)18/h5,8-12,16H,2-4,6-7H2,1H3,(H,17,18)/t11-/m1/s1. The molecule has 0 bridgehead atoms. The fourth-order valence-corrected chi connectivity index (χ4v) is 4.20. The SMILES string of the molecule is C[C@@H](NS(=O)(=O)c1cccc(C(=O)O)c1)C1CCCCC1. The third-order valence-electron chi connectivity index (χ3n) is 4.09. The molecular formula is C15H21NO4S. The molecule has 0 saturated heterocycles. The topological polar surface area (TPSA) is 83.5 Å². The second kappa shape index (κ2) is 6.58. The van der Waals surface area contributed by atoms with Gasteiger partial charge in [-0.1, -0.05) is 25.3 Å². The number of benzene rings is 1. The maximum Gasteiger partial charge on any atom is 0.335 e. The maximum absolute atomic E-state index is 12.4. The summed E-state index contributed by atoms with van der Waals surface area (Å²) in [5.74, 6) is -0.774. The number of hydrogen-bond donors (Lipinski definition) is 2. The van der Waals surface area contributed by atoms with Crippen molar-refractivity contribution in [1.82, 2.24) is 4.72 Å². The minimum atomic E-state index is -3.68. The molecule has 1 fully saturated rings. The van der Waals surface area contributed by atoms with Crippen molar-refractivity contribution in [1.29, 1.82) is 0 Å². The van der Waals surface area contributed by atoms with Crippen LogP contribution in [-0.2, 0) is 10.0 Å². The molecule has 116 valence electrons. The van der Waals surface area contributed by atoms with E-state index < -0.39 is 16.0 Å². The van der Waals surface area contributed by atoms with Crippen LogP contribution >= 0.6 is 0 Å². The van der Waals surface area contributed by atoms with Crippen LogP contribution in [0, 0.1) is 5.92 Å². The van der Waals surface area contributed by atoms with E-state index in [0.717, 1.165) is 25.7 Å². The van der Waals surface area contributed by atoms with E-state index in [1.54, 1.807) is 0 Å². The first kappa shape index (κ1) is 16.0. The summed E-state index contributed by atoms with van der Waals surface area (Å²) >= 11 is 0. The van der Waals surface area contributed by atoms with Gasteiger partial charge in [0.25, 0.3) is 0 Å². The Labute approximate surface area is 125 Å². The van der Waals surface area contributed by atoms with Gasteiger partial charge in [0.15, 0.2) is 0 Å². The maximum atomic E-state index is 12.4. The van der Waals surface area contributed by atoms with Crippen LogP contribution in [0.3, 0.4) is 0 Å². The molecule has 2 N–H and O–H groups in total. The van der Waals surface area contributed by atoms with Gasteiger partial charge in [-0.3, -0.25) is 0 Å². The summed E-state index contributed by atoms with van der Waals surface area (Å²) in [5.41, 5.74) is -0.0248. The smallest absolute Gasteiger partial charge is 0.335 e. The third-order valence-corrected chi connectivity index (χ3v) is 5.65. The number of nitrogens with one attached hydrogen (secondary N) is 1. The second-order valence-corrected chi connectivity index (χ2v) is 7.36. The number of carbonyl (C=O) groups is 1. The van der Waals surface area contributed by atoms with Crippen LogP contribution < -0.4 is 4.72 Å². The summed E-state index contributed by atoms with van der Waals surface area (Å²) in [6.07, 6.45) is 5.59. The Hall–Kier alpha value is -1.40. The van der Waals surface area contributed by atoms with Gasteiger partial charge in [-0.2, -0.15) is 0 Å². The first-order valence-electron chi connectivity index (χ1n) is 7.26. The zero-order valence-electron chi connectivity index (χ0n) is 12.1. The molecule has 2 rings (SSSR count). The molecule has 0 unspecified atom stereocenters. The Morgan fingerprint density at radius 1 is 1.29 bits per heavy atom. The van der Waals surface area contributed by atoms with Crippen molar-refractivity contribution in [2.24, 2.45) is 5.92 Å². The van der Waals surface area contributed by atoms with Gasteiger partial charge in [0.2, 0.25) is 10.0 Å². The van der Waals surface area contributed by atoms with Crippen LogP contribution in [-0.4, -0.2) is 25.5 Å². The minimum Gasteiger partial charge on any atom is -0.478 e. The number of carboxylic acid groups (broad SMARTS) is 1. The minimum absolute atomic E-state index is 0.00468. The largest absolute Gasteiger partial charge is 0.478 e. The Morgan fingerprint density at radius 3 is 2.57 bits per heavy atom. The van der Waals surface area contributed by atoms with Crippen molar-refractivity contribution in [2.75, 3.05) is 0 Å². The summed E-state index contributed by atoms with van der Waals surface area (Å²) in [4.78, 5) is 10.9. The molecule has 21 heavy (non-hydrogen) atoms. The zero-order valence-corrected chi connectivity index (χ0v) is 12.9. The Balaban J connectivity index is 2.14. The van der Waals surface area contributed by atoms with Crippen LogP contribution in [0.25, 0.3) is 0 Å². The molecule has 1 saturated carbocycles. The van der Waals surface area contributed by atoms with Crippen molar-refractivity contribution < 1.29 is 18.3 Å². The fraction of sp³-hybridized carbons (Fsp3) is 0.533. The Bertz CT molecular complexity index is 606. The van der Waals surface area contributed by atoms with Crippen molar-refractivity contribution in [2.45, 2.75) is 50.0 Å². The molecular weight excluding hydrogens is 290 g/mol. The predicted molar refractivity (Wildman–Crippen MR) is 79.8 cm³/mol. The number of sulfonamides is 1. The molecule has 0 aromatic heterocycles. The summed E-state index contributed by atoms with van der Waals surface area (Å²) in [7, 11) is -3.68. The number of aromatic carboxylic acids is 1. The van der Waals surface area contributed by atoms with E-state index in [4.69, 9.17) is 5.11 Å². The number of rotatable bonds is 5. The highest BCUT2D eigenvalue weighted by molar-refractivity contribution is 7.89. The van der Waals surface area contributed by atoms with Gasteiger partial charge < -0.3 is 5.11 Å². The lowest BCUT2D eigenvalue weighted by atomic mass is 9.85. The molecule has 6 heteroatoms. The molecule has 1 aromatic carbocycles. The molecule has 1 aromatic rings. The fourth-order valence-electron chi connectivity index (χ4n) is 2.84. The van der Waals surface area contributed by atoms with Crippen molar-refractivity contribution in [3.8, 4) is 0 Å². The average molecular weight is 311 g/mol. The molecule has 1 atom stereocenters. The Morgan fingerprint density at radius 2 is 1.95 bits per heavy atom. The lowest BCUT2D eigenvalue weighted by Crippen LogP contribution is -2.38. The summed E-state index contributed by atoms with van der Waals surface area (Å²) in [6, 6.07) is 5.30. The average Bonchev–Trinajstić information content (AvgIpc) is 2.48. The number of hydrogen-bond acceptors (Lipinski definition) is 3. The predicted octanol–water partition coefficient (Wildman–Crippen LogP) is 2.63. The Kier molecular flexibility index (Phi) is 5.00. The van der Waals surface area contributed by atoms with Gasteiger partial charge in [-0.05, 0) is 43.9 Å². The molecule has 1 aliphatic rings. The van der Waals surface area contributed by atoms with E-state index >= 15 is 0 Å². The zero-order chi connectivity index (χ0) is 15.5. The van der Waals surface area contributed by atoms with Gasteiger partial charge in [-0.15, -0.1) is 0 Å². The van der Waals surface area contributed by atoms with Crippen LogP contribution in [0.1, 0.15) is 49.4 Å². The van der Waals surface area contributed by atoms with E-state index in [1.807, 2.05) is 6.92 Å². The monoisotopic (exact) mass is 311 g/mol. The molecule has 0 amide bonds. The van der Waals surface area contributed by atoms with Gasteiger partial charge in [0.1, 0.15) is 0 Å². The van der Waals surface area contributed by atoms with E-state index in [2.05, 4.69) is 4.72 Å². The summed E-state index contributed by atoms with van der Waals surface area (Å²) in [5, 5.41) is 8.95. The van der Waals surface area contributed by atoms with Gasteiger partial charge in [-0.25, -0.2) is 17.9 Å². The van der Waals surface area contributed by atoms with E-state index in [0.29, 0.717) is 5.92 Å². The molecule has 0 spiro atoms. The lowest BCUT2D eigenvalue weighted by molar-refractivity contribution is 0.0696. The summed E-state index contributed by atoms with van der Waals surface area (Å²) in [6.45, 7) is 1.88. The normalized spacial score (nSPS) is 18.3. The molecule has 0 radical (unpaired) electrons. The van der Waals surface area contributed by atoms with Crippen molar-refractivity contribution in [3.63, 3.8) is 0 Å². The van der Waals surface area contributed by atoms with Crippen molar-refractivity contribution >= 4 is 16.0 Å². The number of carboxylic acids is 1. The second-order valence-electron chi connectivity index (χ2n) is 5.64. The van der Waals surface area contributed by atoms with Crippen molar-refractivity contribution in [3.05, 3.63) is 29.8 Å². The highest BCUT2D eigenvalue weighted by Gasteiger charge is 2.25. The van der Waals surface area contributed by atoms with Crippen LogP contribution in [0.2, 0.25) is 0 Å². The van der Waals surface area contributed by atoms with Crippen LogP contribution in [0.4, 0.5) is 0 Å². The van der Waals surface area contributed by atoms with Gasteiger partial charge >= 0.3 is 5.97 Å². The third kappa shape index (κ3) is 4.04. The lowest BCUT2D eigenvalue weighted by Gasteiger charge is -2.28. The van der Waals surface area contributed by atoms with E-state index in [-0.39, 0.29) is 16.5 Å². The van der Waals surface area contributed by atoms with Gasteiger partial charge in [0, 0.05) is 6.04 Å². The van der Waals surface area contributed by atoms with Crippen LogP contribution in [0.15, 0.2) is 29.2 Å². The van der Waals surface area contributed by atoms with Gasteiger partial charge in [0.05, 0.1) is 10.5 Å². The summed E-state index contributed by atoms with van der Waals surface area (Å²) < 4.78 is 27.4. The van der Waals surface area contributed by atoms with E-state index in [1.165, 1.54) is 30.7 Å². The molecule has 0 heterocycles. The molecule has 5 nitrogen and oxygen atoms in total. The quantitative estimate of drug-likeness (QED) is 0.875. The molecule has 1 aliphatic carbocycles. The molecule has 0 aliphatic heterocycles. The van der Waals surface area contributed by atoms with Crippen LogP contribution in [0.5, 0.6) is 0 Å². The first-order chi connectivity index (χ1) is 9.90. The highest BCUT2D eigenvalue weighted by Crippen LogP contribution is 2.27. The first-order valence-corrected chi connectivity index (χ1v) is 8.74. The van der Waals surface area contributed by atoms with E-state index in [9.17, 15) is 13.2 Å².